The van der Waals surface area contributed by atoms with Crippen LogP contribution in [0, 0.1) is 5.92 Å². The molecule has 1 atom stereocenters. The van der Waals surface area contributed by atoms with Gasteiger partial charge in [0.2, 0.25) is 5.91 Å². The van der Waals surface area contributed by atoms with Gasteiger partial charge in [0.25, 0.3) is 0 Å². The molecule has 132 valence electrons. The van der Waals surface area contributed by atoms with Crippen molar-refractivity contribution in [2.75, 3.05) is 13.1 Å². The van der Waals surface area contributed by atoms with Crippen LogP contribution in [0.25, 0.3) is 0 Å². The van der Waals surface area contributed by atoms with Gasteiger partial charge in [0, 0.05) is 34.7 Å². The molecule has 0 unspecified atom stereocenters. The Morgan fingerprint density at radius 1 is 1.08 bits per heavy atom. The summed E-state index contributed by atoms with van der Waals surface area (Å²) in [5, 5.41) is 4.69. The number of hydrogen-bond acceptors (Lipinski definition) is 2. The average Bonchev–Trinajstić information content (AvgIpc) is 2.59. The Hall–Kier alpha value is -0.770. The van der Waals surface area contributed by atoms with Crippen molar-refractivity contribution in [1.29, 1.82) is 0 Å². The number of carbonyl (C=O) groups is 1. The maximum atomic E-state index is 12.6. The number of halogens is 2. The molecule has 0 radical (unpaired) electrons. The van der Waals surface area contributed by atoms with Gasteiger partial charge in [0.05, 0.1) is 5.92 Å². The third kappa shape index (κ3) is 4.65. The van der Waals surface area contributed by atoms with Crippen LogP contribution in [0.4, 0.5) is 0 Å². The Morgan fingerprint density at radius 2 is 1.79 bits per heavy atom. The third-order valence-electron chi connectivity index (χ3n) is 5.27. The second-order valence-electron chi connectivity index (χ2n) is 7.12. The number of nitrogens with zero attached hydrogens (tertiary/aromatic N) is 1. The van der Waals surface area contributed by atoms with E-state index in [1.54, 1.807) is 0 Å². The SMILES string of the molecule is O=C(NC1CCCCC1)[C@H]1CCCN(Cc2c(Cl)cccc2Cl)C1. The quantitative estimate of drug-likeness (QED) is 0.838. The molecule has 1 aliphatic heterocycles. The Morgan fingerprint density at radius 3 is 2.50 bits per heavy atom. The normalized spacial score (nSPS) is 23.2. The third-order valence-corrected chi connectivity index (χ3v) is 5.98. The van der Waals surface area contributed by atoms with Crippen LogP contribution in [0.1, 0.15) is 50.5 Å². The molecule has 1 saturated heterocycles. The van der Waals surface area contributed by atoms with Crippen LogP contribution in [-0.2, 0) is 11.3 Å². The first-order chi connectivity index (χ1) is 11.6. The van der Waals surface area contributed by atoms with Crippen LogP contribution in [0.2, 0.25) is 10.0 Å². The molecule has 1 saturated carbocycles. The molecule has 2 aliphatic rings. The van der Waals surface area contributed by atoms with Crippen molar-refractivity contribution in [2.24, 2.45) is 5.92 Å². The molecular weight excluding hydrogens is 343 g/mol. The lowest BCUT2D eigenvalue weighted by Gasteiger charge is -2.33. The number of rotatable bonds is 4. The standard InChI is InChI=1S/C19H26Cl2N2O/c20-17-9-4-10-18(21)16(17)13-23-11-5-6-14(12-23)19(24)22-15-7-2-1-3-8-15/h4,9-10,14-15H,1-3,5-8,11-13H2,(H,22,24)/t14-/m0/s1. The maximum absolute atomic E-state index is 12.6. The molecule has 3 rings (SSSR count). The fourth-order valence-corrected chi connectivity index (χ4v) is 4.40. The van der Waals surface area contributed by atoms with Crippen LogP contribution in [0.3, 0.4) is 0 Å². The molecule has 1 heterocycles. The molecule has 1 N–H and O–H groups in total. The fraction of sp³-hybridized carbons (Fsp3) is 0.632. The summed E-state index contributed by atoms with van der Waals surface area (Å²) in [6, 6.07) is 6.00. The molecule has 24 heavy (non-hydrogen) atoms. The first kappa shape index (κ1) is 18.0. The van der Waals surface area contributed by atoms with Gasteiger partial charge in [-0.3, -0.25) is 9.69 Å². The zero-order chi connectivity index (χ0) is 16.9. The van der Waals surface area contributed by atoms with Crippen molar-refractivity contribution in [3.05, 3.63) is 33.8 Å². The molecule has 0 bridgehead atoms. The zero-order valence-corrected chi connectivity index (χ0v) is 15.6. The highest BCUT2D eigenvalue weighted by atomic mass is 35.5. The van der Waals surface area contributed by atoms with Crippen LogP contribution < -0.4 is 5.32 Å². The second kappa shape index (κ2) is 8.55. The molecule has 1 aromatic rings. The lowest BCUT2D eigenvalue weighted by Crippen LogP contribution is -2.46. The van der Waals surface area contributed by atoms with E-state index in [9.17, 15) is 4.79 Å². The van der Waals surface area contributed by atoms with E-state index in [0.29, 0.717) is 22.6 Å². The number of likely N-dealkylation sites (tertiary alicyclic amines) is 1. The summed E-state index contributed by atoms with van der Waals surface area (Å²) in [5.74, 6) is 0.318. The van der Waals surface area contributed by atoms with Crippen LogP contribution in [0.15, 0.2) is 18.2 Å². The van der Waals surface area contributed by atoms with Gasteiger partial charge in [-0.25, -0.2) is 0 Å². The molecule has 1 aliphatic carbocycles. The lowest BCUT2D eigenvalue weighted by atomic mass is 9.93. The van der Waals surface area contributed by atoms with Crippen LogP contribution in [-0.4, -0.2) is 29.9 Å². The number of amides is 1. The van der Waals surface area contributed by atoms with Gasteiger partial charge in [-0.1, -0.05) is 48.5 Å². The summed E-state index contributed by atoms with van der Waals surface area (Å²) < 4.78 is 0. The molecule has 2 fully saturated rings. The molecule has 3 nitrogen and oxygen atoms in total. The summed E-state index contributed by atoms with van der Waals surface area (Å²) in [6.45, 7) is 2.50. The van der Waals surface area contributed by atoms with Crippen molar-refractivity contribution in [2.45, 2.75) is 57.5 Å². The minimum absolute atomic E-state index is 0.0851. The number of carbonyl (C=O) groups excluding carboxylic acids is 1. The molecular formula is C19H26Cl2N2O. The molecule has 0 spiro atoms. The number of nitrogens with one attached hydrogen (secondary N) is 1. The van der Waals surface area contributed by atoms with Gasteiger partial charge in [0.15, 0.2) is 0 Å². The van der Waals surface area contributed by atoms with Crippen molar-refractivity contribution in [3.8, 4) is 0 Å². The highest BCUT2D eigenvalue weighted by Crippen LogP contribution is 2.28. The van der Waals surface area contributed by atoms with E-state index in [1.807, 2.05) is 18.2 Å². The van der Waals surface area contributed by atoms with Crippen molar-refractivity contribution in [3.63, 3.8) is 0 Å². The predicted molar refractivity (Wildman–Crippen MR) is 99.5 cm³/mol. The topological polar surface area (TPSA) is 32.3 Å². The van der Waals surface area contributed by atoms with E-state index in [-0.39, 0.29) is 11.8 Å². The highest BCUT2D eigenvalue weighted by molar-refractivity contribution is 6.35. The smallest absolute Gasteiger partial charge is 0.224 e. The van der Waals surface area contributed by atoms with Gasteiger partial charge in [-0.2, -0.15) is 0 Å². The maximum Gasteiger partial charge on any atom is 0.224 e. The van der Waals surface area contributed by atoms with Crippen molar-refractivity contribution < 1.29 is 4.79 Å². The monoisotopic (exact) mass is 368 g/mol. The van der Waals surface area contributed by atoms with Gasteiger partial charge in [-0.05, 0) is 44.4 Å². The number of piperidine rings is 1. The van der Waals surface area contributed by atoms with E-state index in [2.05, 4.69) is 10.2 Å². The Balaban J connectivity index is 1.56. The summed E-state index contributed by atoms with van der Waals surface area (Å²) in [5.41, 5.74) is 0.967. The average molecular weight is 369 g/mol. The predicted octanol–water partition coefficient (Wildman–Crippen LogP) is 4.65. The van der Waals surface area contributed by atoms with E-state index in [1.165, 1.54) is 19.3 Å². The fourth-order valence-electron chi connectivity index (χ4n) is 3.89. The largest absolute Gasteiger partial charge is 0.353 e. The minimum atomic E-state index is 0.0851. The molecule has 0 aromatic heterocycles. The Kier molecular flexibility index (Phi) is 6.43. The Bertz CT molecular complexity index is 552. The van der Waals surface area contributed by atoms with Gasteiger partial charge < -0.3 is 5.32 Å². The summed E-state index contributed by atoms with van der Waals surface area (Å²) in [4.78, 5) is 14.9. The minimum Gasteiger partial charge on any atom is -0.353 e. The zero-order valence-electron chi connectivity index (χ0n) is 14.1. The van der Waals surface area contributed by atoms with Crippen molar-refractivity contribution in [1.82, 2.24) is 10.2 Å². The number of benzene rings is 1. The molecule has 1 aromatic carbocycles. The first-order valence-corrected chi connectivity index (χ1v) is 9.84. The summed E-state index contributed by atoms with van der Waals surface area (Å²) in [7, 11) is 0. The summed E-state index contributed by atoms with van der Waals surface area (Å²) in [6.07, 6.45) is 8.09. The van der Waals surface area contributed by atoms with Crippen molar-refractivity contribution >= 4 is 29.1 Å². The van der Waals surface area contributed by atoms with Gasteiger partial charge in [-0.15, -0.1) is 0 Å². The van der Waals surface area contributed by atoms with E-state index >= 15 is 0 Å². The van der Waals surface area contributed by atoms with Crippen LogP contribution >= 0.6 is 23.2 Å². The van der Waals surface area contributed by atoms with Gasteiger partial charge in [0.1, 0.15) is 0 Å². The van der Waals surface area contributed by atoms with E-state index in [4.69, 9.17) is 23.2 Å². The highest BCUT2D eigenvalue weighted by Gasteiger charge is 2.28. The summed E-state index contributed by atoms with van der Waals surface area (Å²) >= 11 is 12.6. The van der Waals surface area contributed by atoms with Gasteiger partial charge >= 0.3 is 0 Å². The second-order valence-corrected chi connectivity index (χ2v) is 7.93. The van der Waals surface area contributed by atoms with E-state index in [0.717, 1.165) is 44.3 Å². The first-order valence-electron chi connectivity index (χ1n) is 9.09. The lowest BCUT2D eigenvalue weighted by molar-refractivity contribution is -0.127. The van der Waals surface area contributed by atoms with Crippen LogP contribution in [0.5, 0.6) is 0 Å². The molecule has 5 heteroatoms. The molecule has 1 amide bonds. The Labute approximate surface area is 154 Å². The van der Waals surface area contributed by atoms with E-state index < -0.39 is 0 Å². The number of hydrogen-bond donors (Lipinski definition) is 1.